The molecule has 11 nitrogen and oxygen atoms in total. The van der Waals surface area contributed by atoms with Gasteiger partial charge < -0.3 is 10.2 Å². The Hall–Kier alpha value is -3.64. The maximum Gasteiger partial charge on any atom is 0.325 e. The molecule has 4 rings (SSSR count). The van der Waals surface area contributed by atoms with Crippen molar-refractivity contribution in [1.29, 1.82) is 0 Å². The summed E-state index contributed by atoms with van der Waals surface area (Å²) in [5.41, 5.74) is -2.64. The lowest BCUT2D eigenvalue weighted by atomic mass is 9.78. The number of amides is 2. The van der Waals surface area contributed by atoms with Crippen LogP contribution in [-0.4, -0.2) is 44.4 Å². The Bertz CT molecular complexity index is 1120. The van der Waals surface area contributed by atoms with Crippen LogP contribution in [-0.2, 0) is 19.2 Å². The second-order valence-electron chi connectivity index (χ2n) is 7.28. The van der Waals surface area contributed by atoms with Gasteiger partial charge in [-0.05, 0) is 17.5 Å². The standard InChI is InChI=1S/C19H15N3O8S/c23-12(24)8-19(18(27)28)14-13(15(20-19)11-5-2-6-31-11)16(25)21(17(14)26)9-3-1-4-10(7-9)22(29)30/h1-7,13-15,20H,8H2,(H,23,24)(H,27,28). The summed E-state index contributed by atoms with van der Waals surface area (Å²) in [6.45, 7) is 0. The number of nitro benzene ring substituents is 1. The average Bonchev–Trinajstić information content (AvgIpc) is 3.39. The number of nitrogens with zero attached hydrogens (tertiary/aromatic N) is 2. The van der Waals surface area contributed by atoms with Gasteiger partial charge in [0.2, 0.25) is 11.8 Å². The molecule has 0 bridgehead atoms. The lowest BCUT2D eigenvalue weighted by molar-refractivity contribution is -0.384. The first kappa shape index (κ1) is 20.6. The van der Waals surface area contributed by atoms with Crippen LogP contribution in [0.3, 0.4) is 0 Å². The summed E-state index contributed by atoms with van der Waals surface area (Å²) in [5, 5.41) is 34.9. The van der Waals surface area contributed by atoms with Gasteiger partial charge in [0, 0.05) is 17.0 Å². The number of thiophene rings is 1. The number of nitrogens with one attached hydrogen (secondary N) is 1. The Morgan fingerprint density at radius 1 is 1.19 bits per heavy atom. The summed E-state index contributed by atoms with van der Waals surface area (Å²) >= 11 is 1.23. The fourth-order valence-corrected chi connectivity index (χ4v) is 5.21. The first-order chi connectivity index (χ1) is 14.7. The van der Waals surface area contributed by atoms with Crippen LogP contribution in [0.15, 0.2) is 41.8 Å². The Labute approximate surface area is 178 Å². The zero-order valence-corrected chi connectivity index (χ0v) is 16.4. The number of non-ortho nitro benzene ring substituents is 1. The highest BCUT2D eigenvalue weighted by molar-refractivity contribution is 7.10. The maximum atomic E-state index is 13.3. The number of carbonyl (C=O) groups is 4. The first-order valence-electron chi connectivity index (χ1n) is 9.06. The predicted octanol–water partition coefficient (Wildman–Crippen LogP) is 1.40. The van der Waals surface area contributed by atoms with Crippen LogP contribution in [0.25, 0.3) is 0 Å². The predicted molar refractivity (Wildman–Crippen MR) is 105 cm³/mol. The van der Waals surface area contributed by atoms with E-state index in [0.717, 1.165) is 11.0 Å². The number of nitro groups is 1. The van der Waals surface area contributed by atoms with Crippen LogP contribution in [0.2, 0.25) is 0 Å². The summed E-state index contributed by atoms with van der Waals surface area (Å²) in [6, 6.07) is 7.32. The number of aliphatic carboxylic acids is 2. The molecule has 160 valence electrons. The van der Waals surface area contributed by atoms with Crippen molar-refractivity contribution in [3.63, 3.8) is 0 Å². The van der Waals surface area contributed by atoms with E-state index >= 15 is 0 Å². The van der Waals surface area contributed by atoms with Crippen LogP contribution < -0.4 is 10.2 Å². The number of carbonyl (C=O) groups excluding carboxylic acids is 2. The number of anilines is 1. The largest absolute Gasteiger partial charge is 0.481 e. The molecular formula is C19H15N3O8S. The third kappa shape index (κ3) is 3.07. The van der Waals surface area contributed by atoms with E-state index < -0.39 is 58.5 Å². The molecule has 4 unspecified atom stereocenters. The molecule has 4 atom stereocenters. The first-order valence-corrected chi connectivity index (χ1v) is 9.94. The maximum absolute atomic E-state index is 13.3. The topological polar surface area (TPSA) is 167 Å². The Balaban J connectivity index is 1.86. The van der Waals surface area contributed by atoms with E-state index in [2.05, 4.69) is 5.32 Å². The number of carboxylic acids is 2. The van der Waals surface area contributed by atoms with Crippen molar-refractivity contribution in [1.82, 2.24) is 5.32 Å². The van der Waals surface area contributed by atoms with Gasteiger partial charge in [-0.3, -0.25) is 34.6 Å². The molecule has 3 heterocycles. The van der Waals surface area contributed by atoms with Crippen LogP contribution >= 0.6 is 11.3 Å². The molecule has 31 heavy (non-hydrogen) atoms. The summed E-state index contributed by atoms with van der Waals surface area (Å²) in [4.78, 5) is 62.2. The number of rotatable bonds is 6. The van der Waals surface area contributed by atoms with Crippen molar-refractivity contribution < 1.29 is 34.3 Å². The highest BCUT2D eigenvalue weighted by Crippen LogP contribution is 2.51. The zero-order chi connectivity index (χ0) is 22.5. The quantitative estimate of drug-likeness (QED) is 0.338. The molecular weight excluding hydrogens is 430 g/mol. The third-order valence-electron chi connectivity index (χ3n) is 5.61. The Kier molecular flexibility index (Phi) is 4.82. The van der Waals surface area contributed by atoms with Crippen LogP contribution in [0.5, 0.6) is 0 Å². The molecule has 12 heteroatoms. The molecule has 2 aromatic rings. The number of hydrogen-bond donors (Lipinski definition) is 3. The summed E-state index contributed by atoms with van der Waals surface area (Å²) in [7, 11) is 0. The highest BCUT2D eigenvalue weighted by Gasteiger charge is 2.69. The SMILES string of the molecule is O=C(O)CC1(C(=O)O)NC(c2cccs2)C2C(=O)N(c3cccc([N+](=O)[O-])c3)C(=O)C21. The van der Waals surface area contributed by atoms with Crippen LogP contribution in [0.4, 0.5) is 11.4 Å². The number of fused-ring (bicyclic) bond motifs is 1. The van der Waals surface area contributed by atoms with E-state index in [1.54, 1.807) is 17.5 Å². The zero-order valence-electron chi connectivity index (χ0n) is 15.6. The van der Waals surface area contributed by atoms with Gasteiger partial charge in [0.1, 0.15) is 5.54 Å². The number of benzene rings is 1. The van der Waals surface area contributed by atoms with Crippen LogP contribution in [0.1, 0.15) is 17.3 Å². The van der Waals surface area contributed by atoms with Gasteiger partial charge in [-0.25, -0.2) is 4.90 Å². The molecule has 3 N–H and O–H groups in total. The minimum absolute atomic E-state index is 0.0712. The smallest absolute Gasteiger partial charge is 0.325 e. The molecule has 0 saturated carbocycles. The van der Waals surface area contributed by atoms with E-state index in [1.165, 1.54) is 29.5 Å². The minimum Gasteiger partial charge on any atom is -0.481 e. The van der Waals surface area contributed by atoms with Crippen molar-refractivity contribution in [2.75, 3.05) is 4.90 Å². The van der Waals surface area contributed by atoms with Gasteiger partial charge in [0.05, 0.1) is 34.9 Å². The van der Waals surface area contributed by atoms with Crippen molar-refractivity contribution in [3.8, 4) is 0 Å². The van der Waals surface area contributed by atoms with Crippen molar-refractivity contribution >= 4 is 46.5 Å². The van der Waals surface area contributed by atoms with E-state index in [4.69, 9.17) is 0 Å². The lowest BCUT2D eigenvalue weighted by Gasteiger charge is -2.29. The molecule has 1 aromatic heterocycles. The van der Waals surface area contributed by atoms with Gasteiger partial charge >= 0.3 is 11.9 Å². The number of carboxylic acid groups (broad SMARTS) is 2. The summed E-state index contributed by atoms with van der Waals surface area (Å²) in [5.74, 6) is -7.35. The summed E-state index contributed by atoms with van der Waals surface area (Å²) in [6.07, 6.45) is -0.923. The van der Waals surface area contributed by atoms with Gasteiger partial charge in [-0.15, -0.1) is 11.3 Å². The number of hydrogen-bond acceptors (Lipinski definition) is 8. The molecule has 1 aromatic carbocycles. The third-order valence-corrected chi connectivity index (χ3v) is 6.57. The van der Waals surface area contributed by atoms with Gasteiger partial charge in [-0.2, -0.15) is 0 Å². The fourth-order valence-electron chi connectivity index (χ4n) is 4.39. The molecule has 0 radical (unpaired) electrons. The monoisotopic (exact) mass is 445 g/mol. The van der Waals surface area contributed by atoms with E-state index in [-0.39, 0.29) is 11.4 Å². The Morgan fingerprint density at radius 3 is 2.52 bits per heavy atom. The van der Waals surface area contributed by atoms with Gasteiger partial charge in [0.25, 0.3) is 5.69 Å². The Morgan fingerprint density at radius 2 is 1.94 bits per heavy atom. The minimum atomic E-state index is -2.21. The average molecular weight is 445 g/mol. The highest BCUT2D eigenvalue weighted by atomic mass is 32.1. The molecule has 2 aliphatic heterocycles. The molecule has 2 fully saturated rings. The van der Waals surface area contributed by atoms with Crippen LogP contribution in [0, 0.1) is 22.0 Å². The lowest BCUT2D eigenvalue weighted by Crippen LogP contribution is -2.57. The second kappa shape index (κ2) is 7.25. The fraction of sp³-hybridized carbons (Fsp3) is 0.263. The molecule has 0 aliphatic carbocycles. The van der Waals surface area contributed by atoms with Crippen molar-refractivity contribution in [2.24, 2.45) is 11.8 Å². The van der Waals surface area contributed by atoms with Crippen molar-refractivity contribution in [3.05, 3.63) is 56.8 Å². The summed E-state index contributed by atoms with van der Waals surface area (Å²) < 4.78 is 0. The molecule has 2 aliphatic rings. The van der Waals surface area contributed by atoms with E-state index in [0.29, 0.717) is 4.88 Å². The molecule has 0 spiro atoms. The molecule has 2 amide bonds. The van der Waals surface area contributed by atoms with E-state index in [1.807, 2.05) is 0 Å². The van der Waals surface area contributed by atoms with Gasteiger partial charge in [0.15, 0.2) is 0 Å². The number of imide groups is 1. The van der Waals surface area contributed by atoms with E-state index in [9.17, 15) is 39.5 Å². The van der Waals surface area contributed by atoms with Crippen molar-refractivity contribution in [2.45, 2.75) is 18.0 Å². The van der Waals surface area contributed by atoms with Gasteiger partial charge in [-0.1, -0.05) is 12.1 Å². The molecule has 2 saturated heterocycles. The normalized spacial score (nSPS) is 27.4. The second-order valence-corrected chi connectivity index (χ2v) is 8.26.